The van der Waals surface area contributed by atoms with Crippen LogP contribution in [-0.2, 0) is 26.4 Å². The Morgan fingerprint density at radius 3 is 1.29 bits per heavy atom. The molecule has 2 N–H and O–H groups in total. The molecule has 0 atom stereocenters. The van der Waals surface area contributed by atoms with Gasteiger partial charge < -0.3 is 0 Å². The van der Waals surface area contributed by atoms with E-state index >= 15 is 0 Å². The van der Waals surface area contributed by atoms with E-state index in [1.54, 1.807) is 5.82 Å². The van der Waals surface area contributed by atoms with Crippen molar-refractivity contribution in [1.29, 1.82) is 0 Å². The van der Waals surface area contributed by atoms with Crippen LogP contribution in [0.3, 0.4) is 0 Å². The SMILES string of the molecule is O=S(=O)(O)O.[CH3][Cu]. The Morgan fingerprint density at radius 2 is 1.29 bits per heavy atom. The minimum atomic E-state index is -4.67. The first-order chi connectivity index (χ1) is 3.00. The van der Waals surface area contributed by atoms with Crippen LogP contribution in [0.4, 0.5) is 0 Å². The molecule has 0 bridgehead atoms. The van der Waals surface area contributed by atoms with Gasteiger partial charge in [-0.3, -0.25) is 9.11 Å². The Balaban J connectivity index is 0. The zero-order chi connectivity index (χ0) is 6.50. The minimum absolute atomic E-state index is 1.56. The van der Waals surface area contributed by atoms with E-state index in [0.29, 0.717) is 0 Å². The van der Waals surface area contributed by atoms with Gasteiger partial charge in [0.25, 0.3) is 0 Å². The molecule has 0 aliphatic rings. The summed E-state index contributed by atoms with van der Waals surface area (Å²) in [4.78, 5) is 0. The molecule has 0 aromatic carbocycles. The summed E-state index contributed by atoms with van der Waals surface area (Å²) >= 11 is 4.19. The van der Waals surface area contributed by atoms with Gasteiger partial charge in [0.1, 0.15) is 0 Å². The van der Waals surface area contributed by atoms with Crippen LogP contribution in [-0.4, -0.2) is 17.5 Å². The Hall–Kier alpha value is 0.389. The van der Waals surface area contributed by atoms with Crippen LogP contribution in [0.2, 0.25) is 5.82 Å². The van der Waals surface area contributed by atoms with Gasteiger partial charge in [0.15, 0.2) is 0 Å². The van der Waals surface area contributed by atoms with E-state index in [9.17, 15) is 0 Å². The average Bonchev–Trinajstić information content (AvgIpc) is 1.36. The van der Waals surface area contributed by atoms with Crippen LogP contribution < -0.4 is 0 Å². The fraction of sp³-hybridized carbons (Fsp3) is 1.00. The maximum atomic E-state index is 8.74. The second-order valence-corrected chi connectivity index (χ2v) is 1.34. The fourth-order valence-electron chi connectivity index (χ4n) is 0. The first kappa shape index (κ1) is 10.4. The third-order valence-electron chi connectivity index (χ3n) is 0. The van der Waals surface area contributed by atoms with E-state index in [-0.39, 0.29) is 0 Å². The van der Waals surface area contributed by atoms with E-state index in [2.05, 4.69) is 16.0 Å². The fourth-order valence-corrected chi connectivity index (χ4v) is 0. The molecule has 0 spiro atoms. The van der Waals surface area contributed by atoms with Gasteiger partial charge in [0, 0.05) is 0 Å². The molecule has 0 unspecified atom stereocenters. The number of hydrogen-bond donors (Lipinski definition) is 2. The molecule has 0 aliphatic heterocycles. The Labute approximate surface area is 50.3 Å². The van der Waals surface area contributed by atoms with Gasteiger partial charge in [0.2, 0.25) is 0 Å². The predicted molar refractivity (Wildman–Crippen MR) is 20.0 cm³/mol. The van der Waals surface area contributed by atoms with Gasteiger partial charge in [-0.15, -0.1) is 0 Å². The summed E-state index contributed by atoms with van der Waals surface area (Å²) in [5.41, 5.74) is 0. The Kier molecular flexibility index (Phi) is 6.74. The molecule has 0 saturated heterocycles. The van der Waals surface area contributed by atoms with Gasteiger partial charge in [-0.2, -0.15) is 8.42 Å². The second kappa shape index (κ2) is 4.55. The summed E-state index contributed by atoms with van der Waals surface area (Å²) in [7, 11) is -4.67. The normalized spacial score (nSPS) is 9.29. The average molecular weight is 177 g/mol. The molecule has 0 amide bonds. The molecule has 7 heavy (non-hydrogen) atoms. The molecule has 0 aromatic heterocycles. The molecule has 0 heterocycles. The summed E-state index contributed by atoms with van der Waals surface area (Å²) < 4.78 is 31.6. The van der Waals surface area contributed by atoms with Crippen LogP contribution in [0.25, 0.3) is 0 Å². The van der Waals surface area contributed by atoms with Crippen LogP contribution in [0.15, 0.2) is 0 Å². The summed E-state index contributed by atoms with van der Waals surface area (Å²) in [5.74, 6) is 1.56. The van der Waals surface area contributed by atoms with E-state index in [1.165, 1.54) is 0 Å². The Morgan fingerprint density at radius 1 is 1.29 bits per heavy atom. The van der Waals surface area contributed by atoms with E-state index in [0.717, 1.165) is 0 Å². The van der Waals surface area contributed by atoms with E-state index in [1.807, 2.05) is 0 Å². The molecule has 0 saturated carbocycles. The molecule has 50 valence electrons. The maximum absolute atomic E-state index is 8.74. The van der Waals surface area contributed by atoms with Gasteiger partial charge in [-0.1, -0.05) is 0 Å². The standard InChI is InChI=1S/CH3.Cu.H2O4S/c;;1-5(2,3)4/h1H3;;(H2,1,2,3,4). The first-order valence-electron chi connectivity index (χ1n) is 1.000. The summed E-state index contributed by atoms with van der Waals surface area (Å²) in [6.07, 6.45) is 0. The third-order valence-corrected chi connectivity index (χ3v) is 0. The quantitative estimate of drug-likeness (QED) is 0.400. The molecule has 0 aromatic rings. The van der Waals surface area contributed by atoms with Crippen molar-refractivity contribution in [3.8, 4) is 0 Å². The molecule has 4 nitrogen and oxygen atoms in total. The van der Waals surface area contributed by atoms with Crippen molar-refractivity contribution >= 4 is 10.4 Å². The van der Waals surface area contributed by atoms with Crippen LogP contribution in [0.1, 0.15) is 0 Å². The van der Waals surface area contributed by atoms with Crippen molar-refractivity contribution in [2.75, 3.05) is 0 Å². The first-order valence-corrected chi connectivity index (χ1v) is 3.34. The zero-order valence-electron chi connectivity index (χ0n) is 3.42. The monoisotopic (exact) mass is 176 g/mol. The molecule has 6 heteroatoms. The van der Waals surface area contributed by atoms with Crippen LogP contribution in [0.5, 0.6) is 0 Å². The number of hydrogen-bond acceptors (Lipinski definition) is 2. The summed E-state index contributed by atoms with van der Waals surface area (Å²) in [6.45, 7) is 0. The molecule has 0 rings (SSSR count). The van der Waals surface area contributed by atoms with E-state index < -0.39 is 10.4 Å². The van der Waals surface area contributed by atoms with Crippen LogP contribution >= 0.6 is 0 Å². The topological polar surface area (TPSA) is 74.6 Å². The van der Waals surface area contributed by atoms with Crippen LogP contribution in [0, 0.1) is 0 Å². The van der Waals surface area contributed by atoms with Gasteiger partial charge in [-0.05, 0) is 0 Å². The molecular formula is CH5CuO4S. The van der Waals surface area contributed by atoms with E-state index in [4.69, 9.17) is 17.5 Å². The molecule has 0 fully saturated rings. The van der Waals surface area contributed by atoms with Gasteiger partial charge in [-0.25, -0.2) is 0 Å². The van der Waals surface area contributed by atoms with Crippen molar-refractivity contribution in [3.05, 3.63) is 0 Å². The second-order valence-electron chi connectivity index (χ2n) is 0.448. The predicted octanol–water partition coefficient (Wildman–Crippen LogP) is -0.0715. The molecule has 0 aliphatic carbocycles. The Bertz CT molecular complexity index is 94.9. The third kappa shape index (κ3) is 812. The van der Waals surface area contributed by atoms with Crippen molar-refractivity contribution in [2.45, 2.75) is 5.82 Å². The van der Waals surface area contributed by atoms with Gasteiger partial charge in [0.05, 0.1) is 0 Å². The van der Waals surface area contributed by atoms with Crippen molar-refractivity contribution in [1.82, 2.24) is 0 Å². The molecule has 0 radical (unpaired) electrons. The zero-order valence-corrected chi connectivity index (χ0v) is 5.18. The molecular weight excluding hydrogens is 172 g/mol. The van der Waals surface area contributed by atoms with Gasteiger partial charge >= 0.3 is 32.2 Å². The van der Waals surface area contributed by atoms with Crippen molar-refractivity contribution in [2.24, 2.45) is 0 Å². The van der Waals surface area contributed by atoms with Crippen molar-refractivity contribution in [3.63, 3.8) is 0 Å². The summed E-state index contributed by atoms with van der Waals surface area (Å²) in [6, 6.07) is 0. The van der Waals surface area contributed by atoms with Crippen molar-refractivity contribution < 1.29 is 33.5 Å². The summed E-state index contributed by atoms with van der Waals surface area (Å²) in [5, 5.41) is 0. The number of rotatable bonds is 0.